The summed E-state index contributed by atoms with van der Waals surface area (Å²) in [5.74, 6) is -0.0564. The Morgan fingerprint density at radius 1 is 1.21 bits per heavy atom. The predicted molar refractivity (Wildman–Crippen MR) is 116 cm³/mol. The summed E-state index contributed by atoms with van der Waals surface area (Å²) in [4.78, 5) is 27.7. The summed E-state index contributed by atoms with van der Waals surface area (Å²) >= 11 is 5.21. The van der Waals surface area contributed by atoms with E-state index in [1.807, 2.05) is 36.9 Å². The molecule has 29 heavy (non-hydrogen) atoms. The minimum Gasteiger partial charge on any atom is -0.466 e. The highest BCUT2D eigenvalue weighted by molar-refractivity contribution is 7.80. The zero-order chi connectivity index (χ0) is 20.9. The first-order chi connectivity index (χ1) is 13.9. The maximum absolute atomic E-state index is 13.0. The maximum Gasteiger partial charge on any atom is 0.312 e. The van der Waals surface area contributed by atoms with E-state index in [-0.39, 0.29) is 24.0 Å². The Bertz CT molecular complexity index is 732. The van der Waals surface area contributed by atoms with E-state index in [1.165, 1.54) is 5.56 Å². The van der Waals surface area contributed by atoms with Gasteiger partial charge in [0.1, 0.15) is 6.04 Å². The molecule has 2 fully saturated rings. The van der Waals surface area contributed by atoms with E-state index in [0.717, 1.165) is 12.8 Å². The van der Waals surface area contributed by atoms with Crippen molar-refractivity contribution in [3.8, 4) is 0 Å². The molecule has 0 aromatic heterocycles. The van der Waals surface area contributed by atoms with Gasteiger partial charge in [-0.3, -0.25) is 9.59 Å². The van der Waals surface area contributed by atoms with E-state index in [4.69, 9.17) is 17.0 Å². The van der Waals surface area contributed by atoms with Gasteiger partial charge in [0, 0.05) is 19.1 Å². The second kappa shape index (κ2) is 9.57. The average Bonchev–Trinajstić information content (AvgIpc) is 2.72. The summed E-state index contributed by atoms with van der Waals surface area (Å²) in [6.07, 6.45) is 3.54. The van der Waals surface area contributed by atoms with Crippen molar-refractivity contribution < 1.29 is 14.3 Å². The molecule has 2 saturated heterocycles. The minimum atomic E-state index is -0.521. The molecular formula is C22H31N3O3S. The highest BCUT2D eigenvalue weighted by Gasteiger charge is 2.44. The number of piperidine rings is 1. The fourth-order valence-electron chi connectivity index (χ4n) is 4.30. The van der Waals surface area contributed by atoms with E-state index in [2.05, 4.69) is 22.8 Å². The summed E-state index contributed by atoms with van der Waals surface area (Å²) < 4.78 is 5.43. The molecule has 1 aromatic carbocycles. The zero-order valence-electron chi connectivity index (χ0n) is 17.3. The number of thiocarbonyl (C=S) groups is 1. The normalized spacial score (nSPS) is 23.7. The first-order valence-corrected chi connectivity index (χ1v) is 10.9. The standard InChI is InChI=1S/C22H31N3O3S/c1-3-28-20(27)22(10-9-17-7-5-4-6-8-17)11-13-25(14-12-22)19(26)18-15-16(2)23-21(29)24-18/h4-8,16,18H,3,9-15H2,1-2H3,(H2,23,24,29)/t16-,18+/m1/s1. The molecule has 6 nitrogen and oxygen atoms in total. The molecule has 0 radical (unpaired) electrons. The van der Waals surface area contributed by atoms with E-state index < -0.39 is 5.41 Å². The van der Waals surface area contributed by atoms with Crippen LogP contribution in [-0.2, 0) is 20.7 Å². The van der Waals surface area contributed by atoms with Crippen molar-refractivity contribution in [2.45, 2.75) is 58.0 Å². The molecule has 2 atom stereocenters. The number of rotatable bonds is 6. The van der Waals surface area contributed by atoms with Crippen molar-refractivity contribution in [2.75, 3.05) is 19.7 Å². The number of benzene rings is 1. The van der Waals surface area contributed by atoms with Gasteiger partial charge in [0.15, 0.2) is 5.11 Å². The number of ether oxygens (including phenoxy) is 1. The monoisotopic (exact) mass is 417 g/mol. The first kappa shape index (κ1) is 21.6. The van der Waals surface area contributed by atoms with Crippen LogP contribution in [0.15, 0.2) is 30.3 Å². The molecule has 0 unspecified atom stereocenters. The largest absolute Gasteiger partial charge is 0.466 e. The number of hydrogen-bond acceptors (Lipinski definition) is 4. The number of nitrogens with zero attached hydrogens (tertiary/aromatic N) is 1. The van der Waals surface area contributed by atoms with Crippen LogP contribution in [0, 0.1) is 5.41 Å². The molecule has 2 aliphatic rings. The Morgan fingerprint density at radius 2 is 1.90 bits per heavy atom. The number of carbonyl (C=O) groups is 2. The summed E-state index contributed by atoms with van der Waals surface area (Å²) in [7, 11) is 0. The molecule has 0 aliphatic carbocycles. The number of likely N-dealkylation sites (tertiary alicyclic amines) is 1. The Balaban J connectivity index is 1.64. The van der Waals surface area contributed by atoms with Crippen molar-refractivity contribution in [1.82, 2.24) is 15.5 Å². The minimum absolute atomic E-state index is 0.0706. The second-order valence-electron chi connectivity index (χ2n) is 8.12. The van der Waals surface area contributed by atoms with Gasteiger partial charge in [-0.25, -0.2) is 0 Å². The van der Waals surface area contributed by atoms with Crippen molar-refractivity contribution in [3.05, 3.63) is 35.9 Å². The van der Waals surface area contributed by atoms with Crippen LogP contribution in [0.5, 0.6) is 0 Å². The van der Waals surface area contributed by atoms with Gasteiger partial charge in [-0.2, -0.15) is 0 Å². The Labute approximate surface area is 178 Å². The van der Waals surface area contributed by atoms with Crippen molar-refractivity contribution >= 4 is 29.2 Å². The Morgan fingerprint density at radius 3 is 2.52 bits per heavy atom. The number of aryl methyl sites for hydroxylation is 1. The van der Waals surface area contributed by atoms with E-state index in [0.29, 0.717) is 44.1 Å². The van der Waals surface area contributed by atoms with Crippen LogP contribution < -0.4 is 10.6 Å². The van der Waals surface area contributed by atoms with Crippen molar-refractivity contribution in [2.24, 2.45) is 5.41 Å². The lowest BCUT2D eigenvalue weighted by molar-refractivity contribution is -0.161. The number of nitrogens with one attached hydrogen (secondary N) is 2. The van der Waals surface area contributed by atoms with Crippen LogP contribution in [0.3, 0.4) is 0 Å². The van der Waals surface area contributed by atoms with E-state index in [9.17, 15) is 9.59 Å². The molecule has 2 aliphatic heterocycles. The van der Waals surface area contributed by atoms with Crippen LogP contribution in [-0.4, -0.2) is 53.7 Å². The van der Waals surface area contributed by atoms with E-state index in [1.54, 1.807) is 0 Å². The number of carbonyl (C=O) groups excluding carboxylic acids is 2. The zero-order valence-corrected chi connectivity index (χ0v) is 18.1. The highest BCUT2D eigenvalue weighted by Crippen LogP contribution is 2.38. The maximum atomic E-state index is 13.0. The molecule has 1 amide bonds. The van der Waals surface area contributed by atoms with Crippen LogP contribution >= 0.6 is 12.2 Å². The summed E-state index contributed by atoms with van der Waals surface area (Å²) in [6.45, 7) is 5.38. The lowest BCUT2D eigenvalue weighted by Crippen LogP contribution is -2.60. The van der Waals surface area contributed by atoms with Gasteiger partial charge in [-0.1, -0.05) is 30.3 Å². The molecule has 1 aromatic rings. The van der Waals surface area contributed by atoms with Gasteiger partial charge in [-0.15, -0.1) is 0 Å². The third-order valence-electron chi connectivity index (χ3n) is 6.05. The molecule has 158 valence electrons. The Kier molecular flexibility index (Phi) is 7.11. The molecular weight excluding hydrogens is 386 g/mol. The smallest absolute Gasteiger partial charge is 0.312 e. The topological polar surface area (TPSA) is 70.7 Å². The van der Waals surface area contributed by atoms with E-state index >= 15 is 0 Å². The van der Waals surface area contributed by atoms with Crippen LogP contribution in [0.25, 0.3) is 0 Å². The van der Waals surface area contributed by atoms with Gasteiger partial charge in [0.2, 0.25) is 5.91 Å². The van der Waals surface area contributed by atoms with Gasteiger partial charge in [-0.05, 0) is 63.7 Å². The van der Waals surface area contributed by atoms with Gasteiger partial charge >= 0.3 is 5.97 Å². The molecule has 3 rings (SSSR count). The van der Waals surface area contributed by atoms with Crippen LogP contribution in [0.1, 0.15) is 45.1 Å². The molecule has 2 N–H and O–H groups in total. The Hall–Kier alpha value is -2.15. The molecule has 0 bridgehead atoms. The molecule has 7 heteroatoms. The molecule has 0 spiro atoms. The third-order valence-corrected chi connectivity index (χ3v) is 6.28. The SMILES string of the molecule is CCOC(=O)C1(CCc2ccccc2)CCN(C(=O)[C@@H]2C[C@@H](C)NC(=S)N2)CC1. The highest BCUT2D eigenvalue weighted by atomic mass is 32.1. The quantitative estimate of drug-likeness (QED) is 0.547. The van der Waals surface area contributed by atoms with Gasteiger partial charge in [0.05, 0.1) is 12.0 Å². The van der Waals surface area contributed by atoms with Gasteiger partial charge < -0.3 is 20.3 Å². The number of hydrogen-bond donors (Lipinski definition) is 2. The fourth-order valence-corrected chi connectivity index (χ4v) is 4.65. The first-order valence-electron chi connectivity index (χ1n) is 10.5. The molecule has 2 heterocycles. The fraction of sp³-hybridized carbons (Fsp3) is 0.591. The van der Waals surface area contributed by atoms with Crippen molar-refractivity contribution in [3.63, 3.8) is 0 Å². The summed E-state index contributed by atoms with van der Waals surface area (Å²) in [5, 5.41) is 6.75. The third kappa shape index (κ3) is 5.26. The summed E-state index contributed by atoms with van der Waals surface area (Å²) in [5.41, 5.74) is 0.698. The lowest BCUT2D eigenvalue weighted by Gasteiger charge is -2.42. The predicted octanol–water partition coefficient (Wildman–Crippen LogP) is 2.42. The average molecular weight is 418 g/mol. The molecule has 0 saturated carbocycles. The second-order valence-corrected chi connectivity index (χ2v) is 8.53. The number of esters is 1. The van der Waals surface area contributed by atoms with Crippen LogP contribution in [0.2, 0.25) is 0 Å². The van der Waals surface area contributed by atoms with Crippen molar-refractivity contribution in [1.29, 1.82) is 0 Å². The lowest BCUT2D eigenvalue weighted by atomic mass is 9.74. The van der Waals surface area contributed by atoms with Crippen LogP contribution in [0.4, 0.5) is 0 Å². The number of amides is 1. The van der Waals surface area contributed by atoms with Gasteiger partial charge in [0.25, 0.3) is 0 Å². The summed E-state index contributed by atoms with van der Waals surface area (Å²) in [6, 6.07) is 10.1.